The first kappa shape index (κ1) is 25.0. The first-order chi connectivity index (χ1) is 17.7. The first-order valence-corrected chi connectivity index (χ1v) is 12.2. The smallest absolute Gasteiger partial charge is 0.390 e. The molecule has 192 valence electrons. The van der Waals surface area contributed by atoms with E-state index in [1.165, 1.54) is 0 Å². The van der Waals surface area contributed by atoms with E-state index in [0.29, 0.717) is 38.8 Å². The van der Waals surface area contributed by atoms with Crippen LogP contribution >= 0.6 is 11.6 Å². The van der Waals surface area contributed by atoms with E-state index in [1.54, 1.807) is 48.8 Å². The second kappa shape index (κ2) is 9.97. The Morgan fingerprint density at radius 1 is 1.11 bits per heavy atom. The normalized spacial score (nSPS) is 13.5. The van der Waals surface area contributed by atoms with Crippen molar-refractivity contribution >= 4 is 34.2 Å². The number of rotatable bonds is 8. The lowest BCUT2D eigenvalue weighted by Gasteiger charge is -2.14. The minimum Gasteiger partial charge on any atom is -0.457 e. The highest BCUT2D eigenvalue weighted by Crippen LogP contribution is 2.34. The summed E-state index contributed by atoms with van der Waals surface area (Å²) in [4.78, 5) is 17.0. The third kappa shape index (κ3) is 5.99. The maximum absolute atomic E-state index is 12.8. The number of carbonyl (C=O) groups excluding carboxylic acids is 1. The van der Waals surface area contributed by atoms with E-state index in [4.69, 9.17) is 16.3 Å². The van der Waals surface area contributed by atoms with Crippen molar-refractivity contribution in [3.63, 3.8) is 0 Å². The fourth-order valence-electron chi connectivity index (χ4n) is 4.01. The summed E-state index contributed by atoms with van der Waals surface area (Å²) in [6, 6.07) is 15.9. The zero-order valence-electron chi connectivity index (χ0n) is 19.9. The number of aryl methyl sites for hydroxylation is 1. The molecule has 6 nitrogen and oxygen atoms in total. The molecule has 10 heteroatoms. The van der Waals surface area contributed by atoms with Gasteiger partial charge in [0.25, 0.3) is 5.91 Å². The van der Waals surface area contributed by atoms with Crippen LogP contribution in [0, 0.1) is 6.92 Å². The average Bonchev–Trinajstić information content (AvgIpc) is 3.54. The van der Waals surface area contributed by atoms with Crippen LogP contribution in [0.2, 0.25) is 5.02 Å². The summed E-state index contributed by atoms with van der Waals surface area (Å²) in [5.74, 6) is 0.845. The number of carbonyl (C=O) groups is 1. The highest BCUT2D eigenvalue weighted by Gasteiger charge is 2.27. The molecule has 1 saturated carbocycles. The Morgan fingerprint density at radius 2 is 1.86 bits per heavy atom. The van der Waals surface area contributed by atoms with Gasteiger partial charge in [-0.05, 0) is 67.8 Å². The number of ether oxygens (including phenoxy) is 1. The van der Waals surface area contributed by atoms with Gasteiger partial charge in [-0.25, -0.2) is 4.98 Å². The van der Waals surface area contributed by atoms with Gasteiger partial charge in [0.1, 0.15) is 23.3 Å². The molecule has 4 aromatic rings. The Bertz CT molecular complexity index is 1450. The number of amides is 1. The summed E-state index contributed by atoms with van der Waals surface area (Å²) in [7, 11) is 0. The Morgan fingerprint density at radius 3 is 2.54 bits per heavy atom. The van der Waals surface area contributed by atoms with Gasteiger partial charge in [-0.3, -0.25) is 9.36 Å². The van der Waals surface area contributed by atoms with E-state index in [1.807, 2.05) is 23.6 Å². The lowest BCUT2D eigenvalue weighted by atomic mass is 10.1. The molecule has 0 aliphatic heterocycles. The van der Waals surface area contributed by atoms with Gasteiger partial charge >= 0.3 is 6.18 Å². The second-order valence-electron chi connectivity index (χ2n) is 9.05. The number of imidazole rings is 1. The predicted molar refractivity (Wildman–Crippen MR) is 137 cm³/mol. The highest BCUT2D eigenvalue weighted by atomic mass is 35.5. The van der Waals surface area contributed by atoms with Gasteiger partial charge < -0.3 is 15.4 Å². The first-order valence-electron chi connectivity index (χ1n) is 11.8. The molecule has 0 spiro atoms. The maximum atomic E-state index is 12.8. The summed E-state index contributed by atoms with van der Waals surface area (Å²) >= 11 is 5.96. The average molecular weight is 529 g/mol. The topological polar surface area (TPSA) is 68.2 Å². The van der Waals surface area contributed by atoms with Crippen molar-refractivity contribution in [3.05, 3.63) is 77.1 Å². The number of nitrogens with one attached hydrogen (secondary N) is 2. The van der Waals surface area contributed by atoms with E-state index in [0.717, 1.165) is 24.1 Å². The number of nitrogens with zero attached hydrogens (tertiary/aromatic N) is 2. The molecule has 0 saturated heterocycles. The number of hydrogen-bond acceptors (Lipinski definition) is 4. The van der Waals surface area contributed by atoms with E-state index in [9.17, 15) is 18.0 Å². The standard InChI is InChI=1S/C27H24ClF3N4O2/c1-16-12-19(6-9-22(16)26(36)34-18-4-5-18)35-15-33-25-23(32-11-10-27(29,30)31)13-21(14-24(25)35)37-20-7-2-17(28)3-8-20/h2-3,6-9,12-15,18,32H,4-5,10-11H2,1H3,(H,34,36). The van der Waals surface area contributed by atoms with Crippen LogP contribution < -0.4 is 15.4 Å². The number of hydrogen-bond donors (Lipinski definition) is 2. The molecule has 5 rings (SSSR count). The fraction of sp³-hybridized carbons (Fsp3) is 0.259. The fourth-order valence-corrected chi connectivity index (χ4v) is 4.14. The van der Waals surface area contributed by atoms with Gasteiger partial charge in [-0.2, -0.15) is 13.2 Å². The van der Waals surface area contributed by atoms with Gasteiger partial charge in [0.2, 0.25) is 0 Å². The van der Waals surface area contributed by atoms with Gasteiger partial charge in [0.05, 0.1) is 17.6 Å². The molecule has 0 unspecified atom stereocenters. The zero-order chi connectivity index (χ0) is 26.2. The quantitative estimate of drug-likeness (QED) is 0.257. The largest absolute Gasteiger partial charge is 0.457 e. The molecule has 0 atom stereocenters. The molecule has 0 bridgehead atoms. The van der Waals surface area contributed by atoms with E-state index >= 15 is 0 Å². The Balaban J connectivity index is 1.50. The molecule has 1 aliphatic carbocycles. The van der Waals surface area contributed by atoms with Crippen molar-refractivity contribution in [2.24, 2.45) is 0 Å². The molecule has 1 aromatic heterocycles. The van der Waals surface area contributed by atoms with Crippen molar-refractivity contribution in [3.8, 4) is 17.2 Å². The van der Waals surface area contributed by atoms with Crippen LogP contribution in [0.4, 0.5) is 18.9 Å². The summed E-state index contributed by atoms with van der Waals surface area (Å²) in [6.45, 7) is 1.56. The van der Waals surface area contributed by atoms with Crippen molar-refractivity contribution in [1.29, 1.82) is 0 Å². The van der Waals surface area contributed by atoms with Crippen molar-refractivity contribution < 1.29 is 22.7 Å². The molecule has 1 fully saturated rings. The summed E-state index contributed by atoms with van der Waals surface area (Å²) in [5, 5.41) is 6.40. The number of anilines is 1. The monoisotopic (exact) mass is 528 g/mol. The van der Waals surface area contributed by atoms with Crippen LogP contribution in [0.3, 0.4) is 0 Å². The number of fused-ring (bicyclic) bond motifs is 1. The van der Waals surface area contributed by atoms with Crippen LogP contribution in [0.25, 0.3) is 16.7 Å². The van der Waals surface area contributed by atoms with Crippen LogP contribution in [-0.4, -0.2) is 34.2 Å². The molecule has 37 heavy (non-hydrogen) atoms. The van der Waals surface area contributed by atoms with Crippen LogP contribution in [0.1, 0.15) is 35.2 Å². The summed E-state index contributed by atoms with van der Waals surface area (Å²) < 4.78 is 46.1. The number of alkyl halides is 3. The second-order valence-corrected chi connectivity index (χ2v) is 9.48. The van der Waals surface area contributed by atoms with E-state index in [-0.39, 0.29) is 18.5 Å². The van der Waals surface area contributed by atoms with Gasteiger partial charge in [0, 0.05) is 41.0 Å². The summed E-state index contributed by atoms with van der Waals surface area (Å²) in [6.07, 6.45) is -1.66. The van der Waals surface area contributed by atoms with Crippen molar-refractivity contribution in [2.75, 3.05) is 11.9 Å². The lowest BCUT2D eigenvalue weighted by molar-refractivity contribution is -0.131. The van der Waals surface area contributed by atoms with E-state index in [2.05, 4.69) is 15.6 Å². The van der Waals surface area contributed by atoms with Crippen molar-refractivity contribution in [2.45, 2.75) is 38.4 Å². The molecular formula is C27H24ClF3N4O2. The Kier molecular flexibility index (Phi) is 6.72. The number of benzene rings is 3. The zero-order valence-corrected chi connectivity index (χ0v) is 20.7. The van der Waals surface area contributed by atoms with Gasteiger partial charge in [-0.1, -0.05) is 11.6 Å². The predicted octanol–water partition coefficient (Wildman–Crippen LogP) is 7.04. The van der Waals surface area contributed by atoms with Gasteiger partial charge in [-0.15, -0.1) is 0 Å². The SMILES string of the molecule is Cc1cc(-n2cnc3c(NCCC(F)(F)F)cc(Oc4ccc(Cl)cc4)cc32)ccc1C(=O)NC1CC1. The van der Waals surface area contributed by atoms with E-state index < -0.39 is 12.6 Å². The Labute approximate surface area is 216 Å². The van der Waals surface area contributed by atoms with Crippen molar-refractivity contribution in [1.82, 2.24) is 14.9 Å². The molecule has 1 amide bonds. The third-order valence-corrected chi connectivity index (χ3v) is 6.30. The molecule has 0 radical (unpaired) electrons. The molecular weight excluding hydrogens is 505 g/mol. The minimum absolute atomic E-state index is 0.100. The maximum Gasteiger partial charge on any atom is 0.390 e. The molecule has 2 N–H and O–H groups in total. The summed E-state index contributed by atoms with van der Waals surface area (Å²) in [5.41, 5.74) is 3.71. The number of aromatic nitrogens is 2. The van der Waals surface area contributed by atoms with Crippen LogP contribution in [0.15, 0.2) is 60.9 Å². The Hall–Kier alpha value is -3.72. The number of halogens is 4. The van der Waals surface area contributed by atoms with Gasteiger partial charge in [0.15, 0.2) is 0 Å². The highest BCUT2D eigenvalue weighted by molar-refractivity contribution is 6.30. The van der Waals surface area contributed by atoms with Crippen LogP contribution in [-0.2, 0) is 0 Å². The minimum atomic E-state index is -4.28. The molecule has 3 aromatic carbocycles. The third-order valence-electron chi connectivity index (χ3n) is 6.04. The molecule has 1 aliphatic rings. The van der Waals surface area contributed by atoms with Crippen LogP contribution in [0.5, 0.6) is 11.5 Å². The lowest BCUT2D eigenvalue weighted by Crippen LogP contribution is -2.26. The molecule has 1 heterocycles.